The highest BCUT2D eigenvalue weighted by Crippen LogP contribution is 2.33. The van der Waals surface area contributed by atoms with E-state index in [4.69, 9.17) is 4.74 Å². The van der Waals surface area contributed by atoms with Gasteiger partial charge in [-0.2, -0.15) is 5.10 Å². The van der Waals surface area contributed by atoms with E-state index in [1.54, 1.807) is 11.0 Å². The van der Waals surface area contributed by atoms with Gasteiger partial charge in [-0.1, -0.05) is 12.1 Å². The number of aromatic nitrogens is 3. The summed E-state index contributed by atoms with van der Waals surface area (Å²) in [5.41, 5.74) is 1.38. The minimum Gasteiger partial charge on any atom is -0.365 e. The number of hydrogen-bond donors (Lipinski definition) is 1. The molecule has 23 heavy (non-hydrogen) atoms. The second-order valence-corrected chi connectivity index (χ2v) is 5.82. The van der Waals surface area contributed by atoms with Crippen LogP contribution in [0.25, 0.3) is 5.69 Å². The van der Waals surface area contributed by atoms with Crippen molar-refractivity contribution in [3.05, 3.63) is 42.5 Å². The summed E-state index contributed by atoms with van der Waals surface area (Å²) in [7, 11) is 0. The first-order valence-electron chi connectivity index (χ1n) is 8.10. The van der Waals surface area contributed by atoms with Gasteiger partial charge < -0.3 is 10.1 Å². The van der Waals surface area contributed by atoms with Crippen LogP contribution in [0.1, 0.15) is 38.2 Å². The molecule has 1 aromatic carbocycles. The van der Waals surface area contributed by atoms with Crippen molar-refractivity contribution in [1.29, 1.82) is 0 Å². The molecular weight excluding hydrogens is 292 g/mol. The lowest BCUT2D eigenvalue weighted by molar-refractivity contribution is -0.146. The highest BCUT2D eigenvalue weighted by Gasteiger charge is 2.41. The Labute approximate surface area is 135 Å². The first-order chi connectivity index (χ1) is 11.2. The van der Waals surface area contributed by atoms with Crippen molar-refractivity contribution < 1.29 is 9.53 Å². The highest BCUT2D eigenvalue weighted by atomic mass is 16.5. The van der Waals surface area contributed by atoms with Crippen molar-refractivity contribution >= 4 is 5.91 Å². The number of amides is 1. The molecule has 1 aliphatic rings. The predicted molar refractivity (Wildman–Crippen MR) is 86.0 cm³/mol. The summed E-state index contributed by atoms with van der Waals surface area (Å²) < 4.78 is 7.48. The smallest absolute Gasteiger partial charge is 0.252 e. The van der Waals surface area contributed by atoms with Crippen LogP contribution >= 0.6 is 0 Å². The Bertz CT molecular complexity index is 631. The van der Waals surface area contributed by atoms with Crippen LogP contribution in [0.4, 0.5) is 0 Å². The molecule has 1 amide bonds. The molecule has 0 atom stereocenters. The molecule has 6 heteroatoms. The van der Waals surface area contributed by atoms with E-state index in [0.717, 1.165) is 36.9 Å². The Hall–Kier alpha value is -2.21. The molecule has 6 nitrogen and oxygen atoms in total. The lowest BCUT2D eigenvalue weighted by Crippen LogP contribution is -2.46. The van der Waals surface area contributed by atoms with Gasteiger partial charge in [-0.25, -0.2) is 9.67 Å². The van der Waals surface area contributed by atoms with Crippen molar-refractivity contribution in [1.82, 2.24) is 20.1 Å². The molecule has 0 bridgehead atoms. The number of carbonyl (C=O) groups is 1. The van der Waals surface area contributed by atoms with Crippen LogP contribution in [0.2, 0.25) is 0 Å². The summed E-state index contributed by atoms with van der Waals surface area (Å²) in [6, 6.07) is 7.90. The SMILES string of the molecule is CCOC1(C(=O)NCc2ccc(-n3cncn3)cc2)CCCC1. The predicted octanol–water partition coefficient (Wildman–Crippen LogP) is 2.23. The maximum Gasteiger partial charge on any atom is 0.252 e. The Kier molecular flexibility index (Phi) is 4.71. The molecule has 1 N–H and O–H groups in total. The molecular formula is C17H22N4O2. The number of benzene rings is 1. The lowest BCUT2D eigenvalue weighted by atomic mass is 10.0. The molecule has 0 aliphatic heterocycles. The molecule has 1 heterocycles. The summed E-state index contributed by atoms with van der Waals surface area (Å²) in [6.07, 6.45) is 6.90. The van der Waals surface area contributed by atoms with E-state index in [9.17, 15) is 4.79 Å². The second kappa shape index (κ2) is 6.91. The number of hydrogen-bond acceptors (Lipinski definition) is 4. The molecule has 1 aromatic heterocycles. The van der Waals surface area contributed by atoms with Crippen molar-refractivity contribution in [2.24, 2.45) is 0 Å². The van der Waals surface area contributed by atoms with E-state index in [1.807, 2.05) is 31.2 Å². The third-order valence-corrected chi connectivity index (χ3v) is 4.32. The summed E-state index contributed by atoms with van der Waals surface area (Å²) in [5, 5.41) is 7.11. The topological polar surface area (TPSA) is 69.0 Å². The van der Waals surface area contributed by atoms with Crippen LogP contribution in [-0.2, 0) is 16.1 Å². The molecule has 0 saturated heterocycles. The highest BCUT2D eigenvalue weighted by molar-refractivity contribution is 5.85. The molecule has 0 spiro atoms. The summed E-state index contributed by atoms with van der Waals surface area (Å²) in [5.74, 6) is 0.0113. The average molecular weight is 314 g/mol. The van der Waals surface area contributed by atoms with Crippen molar-refractivity contribution in [3.8, 4) is 5.69 Å². The monoisotopic (exact) mass is 314 g/mol. The van der Waals surface area contributed by atoms with Gasteiger partial charge in [0.25, 0.3) is 5.91 Å². The number of ether oxygens (including phenoxy) is 1. The Morgan fingerprint density at radius 1 is 1.30 bits per heavy atom. The van der Waals surface area contributed by atoms with Gasteiger partial charge in [-0.3, -0.25) is 4.79 Å². The second-order valence-electron chi connectivity index (χ2n) is 5.82. The first-order valence-corrected chi connectivity index (χ1v) is 8.10. The number of carbonyl (C=O) groups excluding carboxylic acids is 1. The van der Waals surface area contributed by atoms with Gasteiger partial charge in [0.2, 0.25) is 0 Å². The minimum absolute atomic E-state index is 0.0113. The Morgan fingerprint density at radius 3 is 2.65 bits per heavy atom. The van der Waals surface area contributed by atoms with Crippen LogP contribution in [0.3, 0.4) is 0 Å². The van der Waals surface area contributed by atoms with Gasteiger partial charge in [-0.05, 0) is 50.3 Å². The third-order valence-electron chi connectivity index (χ3n) is 4.32. The van der Waals surface area contributed by atoms with Gasteiger partial charge in [0.1, 0.15) is 18.3 Å². The molecule has 1 saturated carbocycles. The zero-order chi connectivity index (χ0) is 16.1. The molecule has 3 rings (SSSR count). The fourth-order valence-corrected chi connectivity index (χ4v) is 3.11. The van der Waals surface area contributed by atoms with Crippen LogP contribution in [-0.4, -0.2) is 32.9 Å². The average Bonchev–Trinajstić information content (AvgIpc) is 3.26. The molecule has 0 radical (unpaired) electrons. The van der Waals surface area contributed by atoms with Gasteiger partial charge in [0.15, 0.2) is 0 Å². The maximum atomic E-state index is 12.5. The van der Waals surface area contributed by atoms with Crippen LogP contribution in [0.15, 0.2) is 36.9 Å². The summed E-state index contributed by atoms with van der Waals surface area (Å²) in [6.45, 7) is 3.02. The van der Waals surface area contributed by atoms with Gasteiger partial charge in [0.05, 0.1) is 5.69 Å². The van der Waals surface area contributed by atoms with E-state index in [2.05, 4.69) is 15.4 Å². The molecule has 0 unspecified atom stereocenters. The molecule has 2 aromatic rings. The molecule has 122 valence electrons. The van der Waals surface area contributed by atoms with Gasteiger partial charge in [-0.15, -0.1) is 0 Å². The number of rotatable bonds is 6. The number of nitrogens with one attached hydrogen (secondary N) is 1. The van der Waals surface area contributed by atoms with E-state index in [0.29, 0.717) is 13.2 Å². The van der Waals surface area contributed by atoms with E-state index >= 15 is 0 Å². The normalized spacial score (nSPS) is 16.4. The van der Waals surface area contributed by atoms with Crippen molar-refractivity contribution in [2.75, 3.05) is 6.61 Å². The quantitative estimate of drug-likeness (QED) is 0.888. The van der Waals surface area contributed by atoms with Gasteiger partial charge >= 0.3 is 0 Å². The summed E-state index contributed by atoms with van der Waals surface area (Å²) in [4.78, 5) is 16.5. The van der Waals surface area contributed by atoms with Gasteiger partial charge in [0, 0.05) is 13.2 Å². The third kappa shape index (κ3) is 3.42. The standard InChI is InChI=1S/C17H22N4O2/c1-2-23-17(9-3-4-10-17)16(22)19-11-14-5-7-15(8-6-14)21-13-18-12-20-21/h5-8,12-13H,2-4,9-11H2,1H3,(H,19,22). The van der Waals surface area contributed by atoms with Crippen molar-refractivity contribution in [3.63, 3.8) is 0 Å². The van der Waals surface area contributed by atoms with E-state index in [1.165, 1.54) is 6.33 Å². The zero-order valence-corrected chi connectivity index (χ0v) is 13.4. The fourth-order valence-electron chi connectivity index (χ4n) is 3.11. The maximum absolute atomic E-state index is 12.5. The lowest BCUT2D eigenvalue weighted by Gasteiger charge is -2.27. The van der Waals surface area contributed by atoms with Crippen LogP contribution < -0.4 is 5.32 Å². The fraction of sp³-hybridized carbons (Fsp3) is 0.471. The molecule has 1 aliphatic carbocycles. The Morgan fingerprint density at radius 2 is 2.04 bits per heavy atom. The van der Waals surface area contributed by atoms with E-state index in [-0.39, 0.29) is 5.91 Å². The van der Waals surface area contributed by atoms with Crippen LogP contribution in [0, 0.1) is 0 Å². The van der Waals surface area contributed by atoms with E-state index < -0.39 is 5.60 Å². The Balaban J connectivity index is 1.60. The minimum atomic E-state index is -0.616. The summed E-state index contributed by atoms with van der Waals surface area (Å²) >= 11 is 0. The van der Waals surface area contributed by atoms with Crippen LogP contribution in [0.5, 0.6) is 0 Å². The first kappa shape index (κ1) is 15.7. The largest absolute Gasteiger partial charge is 0.365 e. The van der Waals surface area contributed by atoms with Crippen molar-refractivity contribution in [2.45, 2.75) is 44.8 Å². The number of nitrogens with zero attached hydrogens (tertiary/aromatic N) is 3. The molecule has 1 fully saturated rings. The zero-order valence-electron chi connectivity index (χ0n) is 13.4.